The molecule has 1 unspecified atom stereocenters. The summed E-state index contributed by atoms with van der Waals surface area (Å²) in [7, 11) is 0. The molecule has 1 aromatic heterocycles. The van der Waals surface area contributed by atoms with Gasteiger partial charge >= 0.3 is 0 Å². The Morgan fingerprint density at radius 2 is 2.13 bits per heavy atom. The fourth-order valence-electron chi connectivity index (χ4n) is 4.80. The zero-order chi connectivity index (χ0) is 20.7. The summed E-state index contributed by atoms with van der Waals surface area (Å²) in [5, 5.41) is 17.1. The average molecular weight is 400 g/mol. The van der Waals surface area contributed by atoms with E-state index in [2.05, 4.69) is 39.7 Å². The molecule has 0 bridgehead atoms. The molecule has 3 aromatic rings. The molecular formula is C24H24N4O2. The molecule has 2 aliphatic rings. The van der Waals surface area contributed by atoms with E-state index in [9.17, 15) is 5.26 Å². The summed E-state index contributed by atoms with van der Waals surface area (Å²) >= 11 is 0. The molecule has 5 rings (SSSR count). The highest BCUT2D eigenvalue weighted by Gasteiger charge is 2.42. The summed E-state index contributed by atoms with van der Waals surface area (Å²) in [5.74, 6) is 1.57. The van der Waals surface area contributed by atoms with Crippen LogP contribution >= 0.6 is 0 Å². The van der Waals surface area contributed by atoms with Gasteiger partial charge in [0, 0.05) is 23.1 Å². The monoisotopic (exact) mass is 400 g/mol. The van der Waals surface area contributed by atoms with Crippen LogP contribution in [0.5, 0.6) is 5.75 Å². The van der Waals surface area contributed by atoms with Gasteiger partial charge in [0.25, 0.3) is 5.89 Å². The highest BCUT2D eigenvalue weighted by molar-refractivity contribution is 5.67. The lowest BCUT2D eigenvalue weighted by Gasteiger charge is -2.23. The van der Waals surface area contributed by atoms with Gasteiger partial charge in [-0.25, -0.2) is 0 Å². The number of rotatable bonds is 4. The predicted molar refractivity (Wildman–Crippen MR) is 113 cm³/mol. The molecule has 1 aliphatic heterocycles. The van der Waals surface area contributed by atoms with Crippen LogP contribution in [0.3, 0.4) is 0 Å². The molecule has 0 radical (unpaired) electrons. The number of ether oxygens (including phenoxy) is 1. The highest BCUT2D eigenvalue weighted by Crippen LogP contribution is 2.46. The summed E-state index contributed by atoms with van der Waals surface area (Å²) in [5.41, 5.74) is 5.32. The Balaban J connectivity index is 1.51. The molecule has 1 aliphatic carbocycles. The lowest BCUT2D eigenvalue weighted by atomic mass is 9.81. The summed E-state index contributed by atoms with van der Waals surface area (Å²) in [6.07, 6.45) is 3.36. The van der Waals surface area contributed by atoms with E-state index in [0.717, 1.165) is 30.6 Å². The van der Waals surface area contributed by atoms with Crippen molar-refractivity contribution in [3.05, 3.63) is 53.1 Å². The molecule has 30 heavy (non-hydrogen) atoms. The smallest absolute Gasteiger partial charge is 0.258 e. The van der Waals surface area contributed by atoms with Gasteiger partial charge in [-0.3, -0.25) is 0 Å². The molecule has 1 spiro atoms. The van der Waals surface area contributed by atoms with Crippen molar-refractivity contribution in [3.63, 3.8) is 0 Å². The summed E-state index contributed by atoms with van der Waals surface area (Å²) in [4.78, 5) is 4.69. The van der Waals surface area contributed by atoms with Gasteiger partial charge in [-0.15, -0.1) is 0 Å². The van der Waals surface area contributed by atoms with E-state index < -0.39 is 0 Å². The summed E-state index contributed by atoms with van der Waals surface area (Å²) in [6.45, 7) is 5.99. The largest absolute Gasteiger partial charge is 0.490 e. The van der Waals surface area contributed by atoms with E-state index >= 15 is 0 Å². The van der Waals surface area contributed by atoms with E-state index in [4.69, 9.17) is 9.26 Å². The SMILES string of the molecule is CC(C)Oc1cc(-c2nc(-c3cccc4c3CCC43CCNC3)no2)ccc1C#N. The molecule has 6 heteroatoms. The highest BCUT2D eigenvalue weighted by atomic mass is 16.5. The van der Waals surface area contributed by atoms with Gasteiger partial charge in [-0.05, 0) is 69.0 Å². The zero-order valence-corrected chi connectivity index (χ0v) is 17.2. The van der Waals surface area contributed by atoms with Crippen molar-refractivity contribution >= 4 is 0 Å². The molecule has 1 fully saturated rings. The van der Waals surface area contributed by atoms with Crippen LogP contribution < -0.4 is 10.1 Å². The molecule has 2 aromatic carbocycles. The van der Waals surface area contributed by atoms with Crippen molar-refractivity contribution in [1.29, 1.82) is 5.26 Å². The van der Waals surface area contributed by atoms with Crippen LogP contribution in [0.1, 0.15) is 43.4 Å². The minimum atomic E-state index is -0.0325. The first kappa shape index (κ1) is 18.8. The van der Waals surface area contributed by atoms with Gasteiger partial charge in [0.2, 0.25) is 5.82 Å². The third-order valence-electron chi connectivity index (χ3n) is 6.22. The molecule has 1 atom stereocenters. The molecule has 1 saturated heterocycles. The summed E-state index contributed by atoms with van der Waals surface area (Å²) < 4.78 is 11.4. The maximum absolute atomic E-state index is 9.34. The number of aromatic nitrogens is 2. The number of nitrogens with zero attached hydrogens (tertiary/aromatic N) is 3. The third kappa shape index (κ3) is 3.06. The number of hydrogen-bond acceptors (Lipinski definition) is 6. The minimum absolute atomic E-state index is 0.0325. The van der Waals surface area contributed by atoms with Gasteiger partial charge in [0.05, 0.1) is 11.7 Å². The van der Waals surface area contributed by atoms with Gasteiger partial charge in [-0.1, -0.05) is 23.4 Å². The van der Waals surface area contributed by atoms with Gasteiger partial charge < -0.3 is 14.6 Å². The van der Waals surface area contributed by atoms with Crippen molar-refractivity contribution in [2.45, 2.75) is 44.6 Å². The Morgan fingerprint density at radius 1 is 1.23 bits per heavy atom. The van der Waals surface area contributed by atoms with Crippen molar-refractivity contribution in [1.82, 2.24) is 15.5 Å². The molecule has 0 saturated carbocycles. The van der Waals surface area contributed by atoms with Gasteiger partial charge in [-0.2, -0.15) is 10.2 Å². The Hall–Kier alpha value is -3.17. The van der Waals surface area contributed by atoms with E-state index in [1.807, 2.05) is 19.9 Å². The van der Waals surface area contributed by atoms with Gasteiger partial charge in [0.1, 0.15) is 11.8 Å². The van der Waals surface area contributed by atoms with Crippen LogP contribution in [0.25, 0.3) is 22.8 Å². The zero-order valence-electron chi connectivity index (χ0n) is 17.2. The topological polar surface area (TPSA) is 84.0 Å². The molecular weight excluding hydrogens is 376 g/mol. The Labute approximate surface area is 175 Å². The summed E-state index contributed by atoms with van der Waals surface area (Å²) in [6, 6.07) is 14.0. The number of hydrogen-bond donors (Lipinski definition) is 1. The van der Waals surface area contributed by atoms with Crippen LogP contribution in [0, 0.1) is 11.3 Å². The van der Waals surface area contributed by atoms with Crippen molar-refractivity contribution in [2.75, 3.05) is 13.1 Å². The average Bonchev–Trinajstić information content (AvgIpc) is 3.49. The number of fused-ring (bicyclic) bond motifs is 2. The van der Waals surface area contributed by atoms with Crippen molar-refractivity contribution in [2.24, 2.45) is 0 Å². The maximum Gasteiger partial charge on any atom is 0.258 e. The van der Waals surface area contributed by atoms with E-state index in [0.29, 0.717) is 23.0 Å². The quantitative estimate of drug-likeness (QED) is 0.705. The van der Waals surface area contributed by atoms with E-state index in [1.165, 1.54) is 24.0 Å². The van der Waals surface area contributed by atoms with Crippen LogP contribution in [-0.2, 0) is 11.8 Å². The third-order valence-corrected chi connectivity index (χ3v) is 6.22. The first-order valence-corrected chi connectivity index (χ1v) is 10.5. The van der Waals surface area contributed by atoms with Crippen LogP contribution in [0.2, 0.25) is 0 Å². The fourth-order valence-corrected chi connectivity index (χ4v) is 4.80. The van der Waals surface area contributed by atoms with E-state index in [1.54, 1.807) is 12.1 Å². The Morgan fingerprint density at radius 3 is 2.90 bits per heavy atom. The van der Waals surface area contributed by atoms with Crippen LogP contribution in [0.4, 0.5) is 0 Å². The normalized spacial score (nSPS) is 19.9. The van der Waals surface area contributed by atoms with Crippen molar-refractivity contribution in [3.8, 4) is 34.7 Å². The number of benzene rings is 2. The Kier molecular flexibility index (Phi) is 4.56. The Bertz CT molecular complexity index is 1140. The number of nitriles is 1. The second-order valence-electron chi connectivity index (χ2n) is 8.45. The lowest BCUT2D eigenvalue weighted by molar-refractivity contribution is 0.242. The maximum atomic E-state index is 9.34. The fraction of sp³-hybridized carbons (Fsp3) is 0.375. The van der Waals surface area contributed by atoms with Crippen LogP contribution in [-0.4, -0.2) is 29.3 Å². The molecule has 152 valence electrons. The first-order valence-electron chi connectivity index (χ1n) is 10.5. The van der Waals surface area contributed by atoms with Crippen LogP contribution in [0.15, 0.2) is 40.9 Å². The molecule has 6 nitrogen and oxygen atoms in total. The molecule has 2 heterocycles. The molecule has 0 amide bonds. The minimum Gasteiger partial charge on any atom is -0.490 e. The number of nitrogens with one attached hydrogen (secondary N) is 1. The standard InChI is InChI=1S/C24H24N4O2/c1-15(2)29-21-12-16(6-7-17(21)13-25)23-27-22(28-30-23)19-4-3-5-20-18(19)8-9-24(20)10-11-26-14-24/h3-7,12,15,26H,8-11,14H2,1-2H3. The lowest BCUT2D eigenvalue weighted by Crippen LogP contribution is -2.25. The second kappa shape index (κ2) is 7.26. The van der Waals surface area contributed by atoms with Crippen molar-refractivity contribution < 1.29 is 9.26 Å². The predicted octanol–water partition coefficient (Wildman–Crippen LogP) is 4.24. The van der Waals surface area contributed by atoms with Gasteiger partial charge in [0.15, 0.2) is 0 Å². The molecule has 1 N–H and O–H groups in total. The first-order chi connectivity index (χ1) is 14.6. The second-order valence-corrected chi connectivity index (χ2v) is 8.45. The van der Waals surface area contributed by atoms with E-state index in [-0.39, 0.29) is 11.5 Å².